The standard InChI is InChI=1S/2C8H6N2O2.Co/c2*11-8(12)7-9-5-3-1-2-4-6(5)10-7;/h2*1-4H,(H,9,10)(H,11,12);/q;;+2/p-2. The van der Waals surface area contributed by atoms with Crippen LogP contribution >= 0.6 is 0 Å². The molecule has 0 aliphatic rings. The van der Waals surface area contributed by atoms with Crippen LogP contribution in [0, 0.1) is 0 Å². The van der Waals surface area contributed by atoms with Crippen LogP contribution in [0.2, 0.25) is 0 Å². The number of aromatic carboxylic acids is 2. The third-order valence-corrected chi connectivity index (χ3v) is 3.17. The number of aromatic nitrogens is 4. The summed E-state index contributed by atoms with van der Waals surface area (Å²) in [7, 11) is 0. The van der Waals surface area contributed by atoms with Crippen molar-refractivity contribution >= 4 is 34.0 Å². The van der Waals surface area contributed by atoms with Gasteiger partial charge in [-0.3, -0.25) is 0 Å². The zero-order chi connectivity index (χ0) is 17.1. The van der Waals surface area contributed by atoms with Gasteiger partial charge in [-0.1, -0.05) is 24.3 Å². The molecule has 8 nitrogen and oxygen atoms in total. The number of carboxylic acids is 2. The topological polar surface area (TPSA) is 138 Å². The number of imidazole rings is 2. The Morgan fingerprint density at radius 3 is 1.40 bits per heavy atom. The van der Waals surface area contributed by atoms with Gasteiger partial charge in [-0.25, -0.2) is 9.97 Å². The quantitative estimate of drug-likeness (QED) is 0.495. The Kier molecular flexibility index (Phi) is 5.52. The van der Waals surface area contributed by atoms with Gasteiger partial charge in [0.15, 0.2) is 11.6 Å². The van der Waals surface area contributed by atoms with E-state index in [1.165, 1.54) is 0 Å². The maximum atomic E-state index is 10.4. The molecular weight excluding hydrogens is 371 g/mol. The summed E-state index contributed by atoms with van der Waals surface area (Å²) in [5.74, 6) is -2.83. The molecule has 0 aliphatic heterocycles. The van der Waals surface area contributed by atoms with Gasteiger partial charge in [0.2, 0.25) is 0 Å². The number of para-hydroxylation sites is 4. The van der Waals surface area contributed by atoms with Gasteiger partial charge in [-0.15, -0.1) is 0 Å². The van der Waals surface area contributed by atoms with E-state index in [1.807, 2.05) is 0 Å². The first-order valence-corrected chi connectivity index (χ1v) is 6.87. The molecule has 0 saturated carbocycles. The average Bonchev–Trinajstić information content (AvgIpc) is 3.19. The van der Waals surface area contributed by atoms with Gasteiger partial charge in [0.1, 0.15) is 11.9 Å². The number of aromatic amines is 2. The van der Waals surface area contributed by atoms with E-state index in [-0.39, 0.29) is 28.4 Å². The van der Waals surface area contributed by atoms with Gasteiger partial charge < -0.3 is 29.8 Å². The second kappa shape index (κ2) is 7.60. The summed E-state index contributed by atoms with van der Waals surface area (Å²) in [5, 5.41) is 20.7. The molecule has 9 heteroatoms. The average molecular weight is 381 g/mol. The molecule has 4 rings (SSSR count). The van der Waals surface area contributed by atoms with Crippen molar-refractivity contribution < 1.29 is 36.6 Å². The summed E-state index contributed by atoms with van der Waals surface area (Å²) in [5.41, 5.74) is 2.68. The molecule has 2 aromatic heterocycles. The largest absolute Gasteiger partial charge is 2.00 e. The summed E-state index contributed by atoms with van der Waals surface area (Å²) in [6.45, 7) is 0. The van der Waals surface area contributed by atoms with E-state index < -0.39 is 11.9 Å². The number of rotatable bonds is 2. The summed E-state index contributed by atoms with van der Waals surface area (Å²) >= 11 is 0. The molecule has 4 aromatic rings. The van der Waals surface area contributed by atoms with E-state index in [0.29, 0.717) is 22.1 Å². The third-order valence-electron chi connectivity index (χ3n) is 3.17. The van der Waals surface area contributed by atoms with Crippen molar-refractivity contribution in [3.63, 3.8) is 0 Å². The SMILES string of the molecule is O=C([O-])c1nc2ccccc2[nH]1.O=C([O-])c1nc2ccccc2[nH]1.[Co+2]. The third kappa shape index (κ3) is 4.02. The molecule has 2 heterocycles. The molecule has 127 valence electrons. The molecule has 1 radical (unpaired) electrons. The molecule has 0 saturated heterocycles. The number of fused-ring (bicyclic) bond motifs is 2. The number of carboxylic acid groups (broad SMARTS) is 2. The number of carbonyl (C=O) groups is 2. The first-order valence-electron chi connectivity index (χ1n) is 6.87. The van der Waals surface area contributed by atoms with E-state index in [2.05, 4.69) is 19.9 Å². The molecule has 0 amide bonds. The predicted molar refractivity (Wildman–Crippen MR) is 80.8 cm³/mol. The molecule has 2 N–H and O–H groups in total. The number of nitrogens with one attached hydrogen (secondary N) is 2. The van der Waals surface area contributed by atoms with E-state index in [4.69, 9.17) is 0 Å². The number of H-pyrrole nitrogens is 2. The molecule has 2 aromatic carbocycles. The second-order valence-electron chi connectivity index (χ2n) is 4.78. The number of benzene rings is 2. The minimum absolute atomic E-state index is 0. The molecule has 0 fully saturated rings. The van der Waals surface area contributed by atoms with E-state index >= 15 is 0 Å². The van der Waals surface area contributed by atoms with Crippen molar-refractivity contribution in [3.05, 3.63) is 60.2 Å². The van der Waals surface area contributed by atoms with Crippen LogP contribution in [0.5, 0.6) is 0 Å². The molecule has 0 unspecified atom stereocenters. The maximum Gasteiger partial charge on any atom is 2.00 e. The molecular formula is C16H10CoN4O4. The fraction of sp³-hybridized carbons (Fsp3) is 0. The van der Waals surface area contributed by atoms with Gasteiger partial charge >= 0.3 is 16.8 Å². The monoisotopic (exact) mass is 381 g/mol. The van der Waals surface area contributed by atoms with E-state index in [1.54, 1.807) is 48.5 Å². The van der Waals surface area contributed by atoms with Crippen LogP contribution < -0.4 is 10.2 Å². The van der Waals surface area contributed by atoms with Gasteiger partial charge in [-0.05, 0) is 24.3 Å². The van der Waals surface area contributed by atoms with Gasteiger partial charge in [-0.2, -0.15) is 0 Å². The summed E-state index contributed by atoms with van der Waals surface area (Å²) in [6.07, 6.45) is 0. The fourth-order valence-electron chi connectivity index (χ4n) is 2.10. The molecule has 0 bridgehead atoms. The Bertz CT molecular complexity index is 891. The number of nitrogens with zero attached hydrogens (tertiary/aromatic N) is 2. The van der Waals surface area contributed by atoms with Crippen molar-refractivity contribution in [2.45, 2.75) is 0 Å². The van der Waals surface area contributed by atoms with Crippen molar-refractivity contribution in [2.75, 3.05) is 0 Å². The van der Waals surface area contributed by atoms with Crippen LogP contribution in [0.15, 0.2) is 48.5 Å². The van der Waals surface area contributed by atoms with Crippen LogP contribution in [0.4, 0.5) is 0 Å². The summed E-state index contributed by atoms with van der Waals surface area (Å²) < 4.78 is 0. The molecule has 0 aliphatic carbocycles. The van der Waals surface area contributed by atoms with Crippen LogP contribution in [0.25, 0.3) is 22.1 Å². The van der Waals surface area contributed by atoms with Crippen molar-refractivity contribution in [3.8, 4) is 0 Å². The van der Waals surface area contributed by atoms with E-state index in [9.17, 15) is 19.8 Å². The Morgan fingerprint density at radius 2 is 1.08 bits per heavy atom. The van der Waals surface area contributed by atoms with Crippen molar-refractivity contribution in [1.82, 2.24) is 19.9 Å². The zero-order valence-electron chi connectivity index (χ0n) is 12.5. The van der Waals surface area contributed by atoms with Crippen LogP contribution in [-0.4, -0.2) is 31.9 Å². The first-order chi connectivity index (χ1) is 11.5. The van der Waals surface area contributed by atoms with Crippen LogP contribution in [-0.2, 0) is 16.8 Å². The zero-order valence-corrected chi connectivity index (χ0v) is 13.5. The van der Waals surface area contributed by atoms with Crippen molar-refractivity contribution in [1.29, 1.82) is 0 Å². The molecule has 25 heavy (non-hydrogen) atoms. The van der Waals surface area contributed by atoms with E-state index in [0.717, 1.165) is 0 Å². The molecule has 0 spiro atoms. The smallest absolute Gasteiger partial charge is 0.542 e. The Morgan fingerprint density at radius 1 is 0.720 bits per heavy atom. The number of hydrogen-bond donors (Lipinski definition) is 2. The van der Waals surface area contributed by atoms with Crippen molar-refractivity contribution in [2.24, 2.45) is 0 Å². The summed E-state index contributed by atoms with van der Waals surface area (Å²) in [4.78, 5) is 33.6. The first kappa shape index (κ1) is 18.2. The minimum atomic E-state index is -1.29. The number of hydrogen-bond acceptors (Lipinski definition) is 6. The van der Waals surface area contributed by atoms with Gasteiger partial charge in [0.05, 0.1) is 22.1 Å². The van der Waals surface area contributed by atoms with Crippen LogP contribution in [0.3, 0.4) is 0 Å². The predicted octanol–water partition coefficient (Wildman–Crippen LogP) is -0.150. The van der Waals surface area contributed by atoms with Crippen LogP contribution in [0.1, 0.15) is 21.2 Å². The maximum absolute atomic E-state index is 10.4. The van der Waals surface area contributed by atoms with Gasteiger partial charge in [0.25, 0.3) is 0 Å². The van der Waals surface area contributed by atoms with Gasteiger partial charge in [0, 0.05) is 0 Å². The minimum Gasteiger partial charge on any atom is -0.542 e. The Labute approximate surface area is 151 Å². The molecule has 0 atom stereocenters. The number of carbonyl (C=O) groups excluding carboxylic acids is 2. The second-order valence-corrected chi connectivity index (χ2v) is 4.78. The fourth-order valence-corrected chi connectivity index (χ4v) is 2.10. The summed E-state index contributed by atoms with van der Waals surface area (Å²) in [6, 6.07) is 14.2. The normalized spacial score (nSPS) is 9.92. The Hall–Kier alpha value is -3.17. The Balaban J connectivity index is 0.000000173.